The van der Waals surface area contributed by atoms with Crippen LogP contribution in [0.25, 0.3) is 0 Å². The first-order valence-electron chi connectivity index (χ1n) is 6.49. The van der Waals surface area contributed by atoms with Crippen LogP contribution in [0, 0.1) is 5.92 Å². The molecule has 0 radical (unpaired) electrons. The van der Waals surface area contributed by atoms with E-state index >= 15 is 0 Å². The van der Waals surface area contributed by atoms with E-state index in [1.165, 1.54) is 18.5 Å². The largest absolute Gasteiger partial charge is 0.396 e. The van der Waals surface area contributed by atoms with Crippen molar-refractivity contribution in [3.63, 3.8) is 0 Å². The van der Waals surface area contributed by atoms with Crippen molar-refractivity contribution in [2.75, 3.05) is 24.6 Å². The molecular formula is C14H20BrNO2. The minimum Gasteiger partial charge on any atom is -0.396 e. The van der Waals surface area contributed by atoms with Crippen molar-refractivity contribution in [1.82, 2.24) is 0 Å². The summed E-state index contributed by atoms with van der Waals surface area (Å²) in [5, 5.41) is 18.2. The number of rotatable bonds is 4. The molecule has 1 aliphatic heterocycles. The first kappa shape index (κ1) is 13.8. The third-order valence-corrected chi connectivity index (χ3v) is 4.37. The first-order chi connectivity index (χ1) is 8.74. The minimum absolute atomic E-state index is 0.0635. The highest BCUT2D eigenvalue weighted by Crippen LogP contribution is 2.28. The lowest BCUT2D eigenvalue weighted by Crippen LogP contribution is -2.35. The molecule has 2 rings (SSSR count). The molecule has 2 N–H and O–H groups in total. The van der Waals surface area contributed by atoms with Crippen molar-refractivity contribution in [3.05, 3.63) is 28.2 Å². The normalized spacial score (nSPS) is 20.2. The summed E-state index contributed by atoms with van der Waals surface area (Å²) >= 11 is 3.49. The Bertz CT molecular complexity index is 395. The number of halogens is 1. The van der Waals surface area contributed by atoms with E-state index in [1.54, 1.807) is 0 Å². The Labute approximate surface area is 117 Å². The highest BCUT2D eigenvalue weighted by Gasteiger charge is 2.20. The van der Waals surface area contributed by atoms with E-state index in [1.807, 2.05) is 6.07 Å². The highest BCUT2D eigenvalue weighted by atomic mass is 79.9. The van der Waals surface area contributed by atoms with Crippen LogP contribution in [0.5, 0.6) is 0 Å². The smallest absolute Gasteiger partial charge is 0.0692 e. The van der Waals surface area contributed by atoms with Gasteiger partial charge in [-0.15, -0.1) is 0 Å². The second-order valence-electron chi connectivity index (χ2n) is 4.90. The van der Waals surface area contributed by atoms with Crippen molar-refractivity contribution >= 4 is 21.6 Å². The number of anilines is 1. The van der Waals surface area contributed by atoms with Crippen molar-refractivity contribution in [1.29, 1.82) is 0 Å². The Morgan fingerprint density at radius 3 is 2.83 bits per heavy atom. The van der Waals surface area contributed by atoms with Crippen molar-refractivity contribution < 1.29 is 10.2 Å². The van der Waals surface area contributed by atoms with Gasteiger partial charge in [-0.1, -0.05) is 22.0 Å². The Morgan fingerprint density at radius 1 is 1.33 bits per heavy atom. The molecule has 0 amide bonds. The van der Waals surface area contributed by atoms with Crippen LogP contribution in [0.1, 0.15) is 24.8 Å². The number of hydrogen-bond donors (Lipinski definition) is 2. The van der Waals surface area contributed by atoms with Gasteiger partial charge in [-0.2, -0.15) is 0 Å². The molecule has 100 valence electrons. The maximum atomic E-state index is 9.16. The summed E-state index contributed by atoms with van der Waals surface area (Å²) in [5.74, 6) is 0.597. The zero-order valence-corrected chi connectivity index (χ0v) is 12.1. The van der Waals surface area contributed by atoms with Crippen LogP contribution in [0.15, 0.2) is 22.7 Å². The van der Waals surface area contributed by atoms with E-state index in [4.69, 9.17) is 10.2 Å². The van der Waals surface area contributed by atoms with Crippen molar-refractivity contribution in [2.24, 2.45) is 5.92 Å². The summed E-state index contributed by atoms with van der Waals surface area (Å²) in [5.41, 5.74) is 2.12. The Hall–Kier alpha value is -0.580. The fourth-order valence-electron chi connectivity index (χ4n) is 2.58. The zero-order valence-electron chi connectivity index (χ0n) is 10.5. The van der Waals surface area contributed by atoms with Gasteiger partial charge in [0, 0.05) is 29.9 Å². The number of aliphatic hydroxyl groups is 2. The monoisotopic (exact) mass is 313 g/mol. The van der Waals surface area contributed by atoms with Crippen LogP contribution in [0.4, 0.5) is 5.69 Å². The summed E-state index contributed by atoms with van der Waals surface area (Å²) < 4.78 is 0.965. The standard InChI is InChI=1S/C14H20BrNO2/c15-14-8-13(4-3-12(14)10-18)16-6-1-2-11(9-16)5-7-17/h3-4,8,11,17-18H,1-2,5-7,9-10H2. The molecule has 0 aromatic heterocycles. The van der Waals surface area contributed by atoms with Crippen LogP contribution < -0.4 is 4.90 Å². The highest BCUT2D eigenvalue weighted by molar-refractivity contribution is 9.10. The van der Waals surface area contributed by atoms with Crippen LogP contribution in [-0.4, -0.2) is 29.9 Å². The molecule has 0 saturated carbocycles. The van der Waals surface area contributed by atoms with Crippen LogP contribution >= 0.6 is 15.9 Å². The molecule has 18 heavy (non-hydrogen) atoms. The Morgan fingerprint density at radius 2 is 2.17 bits per heavy atom. The molecule has 1 atom stereocenters. The molecule has 0 bridgehead atoms. The van der Waals surface area contributed by atoms with Crippen LogP contribution in [0.2, 0.25) is 0 Å². The molecule has 3 nitrogen and oxygen atoms in total. The second-order valence-corrected chi connectivity index (χ2v) is 5.75. The summed E-state index contributed by atoms with van der Waals surface area (Å²) in [6.45, 7) is 2.44. The molecular weight excluding hydrogens is 294 g/mol. The molecule has 1 fully saturated rings. The van der Waals surface area contributed by atoms with Crippen molar-refractivity contribution in [2.45, 2.75) is 25.9 Å². The van der Waals surface area contributed by atoms with Gasteiger partial charge in [0.25, 0.3) is 0 Å². The van der Waals surface area contributed by atoms with Crippen LogP contribution in [0.3, 0.4) is 0 Å². The first-order valence-corrected chi connectivity index (χ1v) is 7.29. The van der Waals surface area contributed by atoms with E-state index in [2.05, 4.69) is 33.0 Å². The molecule has 1 saturated heterocycles. The molecule has 1 aliphatic rings. The summed E-state index contributed by atoms with van der Waals surface area (Å²) in [7, 11) is 0. The molecule has 0 spiro atoms. The van der Waals surface area contributed by atoms with Gasteiger partial charge in [0.05, 0.1) is 6.61 Å². The second kappa shape index (κ2) is 6.55. The average Bonchev–Trinajstić information content (AvgIpc) is 2.39. The Balaban J connectivity index is 2.08. The number of benzene rings is 1. The topological polar surface area (TPSA) is 43.7 Å². The van der Waals surface area contributed by atoms with Crippen LogP contribution in [-0.2, 0) is 6.61 Å². The fourth-order valence-corrected chi connectivity index (χ4v) is 3.07. The minimum atomic E-state index is 0.0635. The number of nitrogens with zero attached hydrogens (tertiary/aromatic N) is 1. The number of piperidine rings is 1. The quantitative estimate of drug-likeness (QED) is 0.898. The zero-order chi connectivity index (χ0) is 13.0. The molecule has 1 aromatic rings. The summed E-state index contributed by atoms with van der Waals surface area (Å²) in [4.78, 5) is 2.37. The van der Waals surface area contributed by atoms with E-state index in [0.717, 1.165) is 29.5 Å². The van der Waals surface area contributed by atoms with Gasteiger partial charge < -0.3 is 15.1 Å². The van der Waals surface area contributed by atoms with Gasteiger partial charge in [-0.05, 0) is 42.9 Å². The van der Waals surface area contributed by atoms with Gasteiger partial charge in [0.15, 0.2) is 0 Å². The third kappa shape index (κ3) is 3.25. The van der Waals surface area contributed by atoms with Gasteiger partial charge in [0.1, 0.15) is 0 Å². The van der Waals surface area contributed by atoms with Gasteiger partial charge >= 0.3 is 0 Å². The number of hydrogen-bond acceptors (Lipinski definition) is 3. The van der Waals surface area contributed by atoms with Gasteiger partial charge in [-0.3, -0.25) is 0 Å². The maximum absolute atomic E-state index is 9.16. The lowest BCUT2D eigenvalue weighted by Gasteiger charge is -2.34. The van der Waals surface area contributed by atoms with E-state index in [9.17, 15) is 0 Å². The van der Waals surface area contributed by atoms with Gasteiger partial charge in [0.2, 0.25) is 0 Å². The van der Waals surface area contributed by atoms with E-state index < -0.39 is 0 Å². The predicted molar refractivity (Wildman–Crippen MR) is 76.7 cm³/mol. The number of aliphatic hydroxyl groups excluding tert-OH is 2. The lowest BCUT2D eigenvalue weighted by atomic mass is 9.95. The predicted octanol–water partition coefficient (Wildman–Crippen LogP) is 2.54. The van der Waals surface area contributed by atoms with Gasteiger partial charge in [-0.25, -0.2) is 0 Å². The summed E-state index contributed by atoms with van der Waals surface area (Å²) in [6, 6.07) is 6.11. The van der Waals surface area contributed by atoms with E-state index in [0.29, 0.717) is 5.92 Å². The fraction of sp³-hybridized carbons (Fsp3) is 0.571. The lowest BCUT2D eigenvalue weighted by molar-refractivity contribution is 0.244. The molecule has 1 heterocycles. The van der Waals surface area contributed by atoms with Crippen molar-refractivity contribution in [3.8, 4) is 0 Å². The molecule has 4 heteroatoms. The summed E-state index contributed by atoms with van der Waals surface area (Å²) in [6.07, 6.45) is 3.30. The Kier molecular flexibility index (Phi) is 5.03. The molecule has 1 aromatic carbocycles. The average molecular weight is 314 g/mol. The molecule has 1 unspecified atom stereocenters. The third-order valence-electron chi connectivity index (χ3n) is 3.63. The maximum Gasteiger partial charge on any atom is 0.0692 e. The SMILES string of the molecule is OCCC1CCCN(c2ccc(CO)c(Br)c2)C1. The van der Waals surface area contributed by atoms with E-state index in [-0.39, 0.29) is 13.2 Å². The molecule has 0 aliphatic carbocycles.